The predicted molar refractivity (Wildman–Crippen MR) is 54.8 cm³/mol. The molecular formula is C9H11NO4S. The molecule has 1 N–H and O–H groups in total. The highest BCUT2D eigenvalue weighted by Crippen LogP contribution is 2.15. The topological polar surface area (TPSA) is 79.9 Å². The van der Waals surface area contributed by atoms with Crippen LogP contribution in [-0.4, -0.2) is 43.4 Å². The Morgan fingerprint density at radius 3 is 2.87 bits per heavy atom. The highest BCUT2D eigenvalue weighted by Gasteiger charge is 2.35. The molecule has 0 amide bonds. The van der Waals surface area contributed by atoms with Crippen molar-refractivity contribution in [2.45, 2.75) is 12.1 Å². The fourth-order valence-corrected chi connectivity index (χ4v) is 3.19. The molecule has 0 bridgehead atoms. The van der Waals surface area contributed by atoms with Gasteiger partial charge in [-0.05, 0) is 6.07 Å². The van der Waals surface area contributed by atoms with E-state index in [4.69, 9.17) is 4.42 Å². The molecule has 1 fully saturated rings. The molecule has 1 aliphatic rings. The molecule has 0 spiro atoms. The van der Waals surface area contributed by atoms with Gasteiger partial charge in [-0.1, -0.05) is 0 Å². The summed E-state index contributed by atoms with van der Waals surface area (Å²) < 4.78 is 27.1. The summed E-state index contributed by atoms with van der Waals surface area (Å²) in [6.45, 7) is 0. The molecule has 0 aromatic carbocycles. The molecule has 0 radical (unpaired) electrons. The van der Waals surface area contributed by atoms with Gasteiger partial charge in [0.1, 0.15) is 0 Å². The largest absolute Gasteiger partial charge is 0.472 e. The van der Waals surface area contributed by atoms with Gasteiger partial charge < -0.3 is 9.52 Å². The van der Waals surface area contributed by atoms with Crippen LogP contribution in [0.1, 0.15) is 5.56 Å². The molecule has 2 atom stereocenters. The maximum atomic E-state index is 11.2. The average molecular weight is 229 g/mol. The predicted octanol–water partition coefficient (Wildman–Crippen LogP) is -0.144. The van der Waals surface area contributed by atoms with E-state index < -0.39 is 22.0 Å². The quantitative estimate of drug-likeness (QED) is 0.715. The molecule has 1 aromatic rings. The molecule has 1 aromatic heterocycles. The van der Waals surface area contributed by atoms with Gasteiger partial charge in [0, 0.05) is 11.8 Å². The number of furan rings is 1. The van der Waals surface area contributed by atoms with Crippen molar-refractivity contribution in [3.05, 3.63) is 24.2 Å². The molecule has 1 aliphatic heterocycles. The molecule has 2 rings (SSSR count). The van der Waals surface area contributed by atoms with E-state index in [-0.39, 0.29) is 11.5 Å². The van der Waals surface area contributed by atoms with Crippen molar-refractivity contribution in [1.29, 1.82) is 0 Å². The monoisotopic (exact) mass is 229 g/mol. The first-order valence-corrected chi connectivity index (χ1v) is 6.33. The second kappa shape index (κ2) is 3.79. The minimum Gasteiger partial charge on any atom is -0.472 e. The lowest BCUT2D eigenvalue weighted by atomic mass is 10.2. The van der Waals surface area contributed by atoms with Crippen LogP contribution in [0.2, 0.25) is 0 Å². The Morgan fingerprint density at radius 2 is 2.33 bits per heavy atom. The van der Waals surface area contributed by atoms with E-state index in [0.717, 1.165) is 5.56 Å². The van der Waals surface area contributed by atoms with E-state index in [1.165, 1.54) is 18.7 Å². The molecule has 5 nitrogen and oxygen atoms in total. The van der Waals surface area contributed by atoms with Crippen LogP contribution in [-0.2, 0) is 9.84 Å². The summed E-state index contributed by atoms with van der Waals surface area (Å²) in [5, 5.41) is 9.44. The average Bonchev–Trinajstić information content (AvgIpc) is 2.70. The summed E-state index contributed by atoms with van der Waals surface area (Å²) in [6.07, 6.45) is 3.62. The first-order valence-electron chi connectivity index (χ1n) is 4.51. The maximum Gasteiger partial charge on any atom is 0.155 e. The van der Waals surface area contributed by atoms with Crippen LogP contribution >= 0.6 is 0 Å². The molecule has 6 heteroatoms. The second-order valence-corrected chi connectivity index (χ2v) is 5.70. The Balaban J connectivity index is 2.08. The van der Waals surface area contributed by atoms with E-state index in [1.807, 2.05) is 0 Å². The molecule has 0 saturated carbocycles. The van der Waals surface area contributed by atoms with E-state index in [0.29, 0.717) is 0 Å². The number of hydrogen-bond donors (Lipinski definition) is 1. The Morgan fingerprint density at radius 1 is 1.53 bits per heavy atom. The number of aliphatic hydroxyl groups excluding tert-OH is 1. The lowest BCUT2D eigenvalue weighted by Crippen LogP contribution is -2.21. The van der Waals surface area contributed by atoms with E-state index in [1.54, 1.807) is 6.07 Å². The summed E-state index contributed by atoms with van der Waals surface area (Å²) in [6, 6.07) is 1.16. The van der Waals surface area contributed by atoms with Gasteiger partial charge in [0.15, 0.2) is 9.84 Å². The number of aliphatic hydroxyl groups is 1. The van der Waals surface area contributed by atoms with Crippen molar-refractivity contribution in [3.8, 4) is 0 Å². The fourth-order valence-electron chi connectivity index (χ4n) is 1.48. The second-order valence-electron chi connectivity index (χ2n) is 3.55. The van der Waals surface area contributed by atoms with Gasteiger partial charge in [0.05, 0.1) is 36.2 Å². The minimum absolute atomic E-state index is 0.0808. The van der Waals surface area contributed by atoms with Gasteiger partial charge in [-0.25, -0.2) is 8.42 Å². The molecule has 0 aliphatic carbocycles. The number of hydrogen-bond acceptors (Lipinski definition) is 5. The Hall–Kier alpha value is -1.14. The summed E-state index contributed by atoms with van der Waals surface area (Å²) in [5.41, 5.74) is 0.756. The zero-order valence-corrected chi connectivity index (χ0v) is 8.72. The van der Waals surface area contributed by atoms with Crippen molar-refractivity contribution in [1.82, 2.24) is 0 Å². The van der Waals surface area contributed by atoms with Crippen molar-refractivity contribution < 1.29 is 17.9 Å². The molecule has 15 heavy (non-hydrogen) atoms. The number of sulfone groups is 1. The summed E-state index contributed by atoms with van der Waals surface area (Å²) in [7, 11) is -3.12. The van der Waals surface area contributed by atoms with Crippen molar-refractivity contribution >= 4 is 16.1 Å². The third-order valence-electron chi connectivity index (χ3n) is 2.25. The Bertz CT molecular complexity index is 448. The maximum absolute atomic E-state index is 11.2. The van der Waals surface area contributed by atoms with Crippen LogP contribution in [0.5, 0.6) is 0 Å². The van der Waals surface area contributed by atoms with E-state index >= 15 is 0 Å². The molecule has 0 unspecified atom stereocenters. The first-order chi connectivity index (χ1) is 7.07. The van der Waals surface area contributed by atoms with Crippen molar-refractivity contribution in [2.75, 3.05) is 11.5 Å². The minimum atomic E-state index is -3.12. The number of nitrogens with zero attached hydrogens (tertiary/aromatic N) is 1. The van der Waals surface area contributed by atoms with Crippen LogP contribution in [0.25, 0.3) is 0 Å². The lowest BCUT2D eigenvalue weighted by Gasteiger charge is -2.04. The van der Waals surface area contributed by atoms with Crippen LogP contribution in [0.15, 0.2) is 28.0 Å². The highest BCUT2D eigenvalue weighted by atomic mass is 32.2. The molecule has 82 valence electrons. The fraction of sp³-hybridized carbons (Fsp3) is 0.444. The summed E-state index contributed by atoms with van der Waals surface area (Å²) in [4.78, 5) is 4.03. The SMILES string of the molecule is O=S1(=O)C[C@@H](O)[C@H](N=Cc2ccoc2)C1. The van der Waals surface area contributed by atoms with Gasteiger partial charge in [0.25, 0.3) is 0 Å². The molecular weight excluding hydrogens is 218 g/mol. The molecule has 1 saturated heterocycles. The van der Waals surface area contributed by atoms with Gasteiger partial charge in [-0.15, -0.1) is 0 Å². The summed E-state index contributed by atoms with van der Waals surface area (Å²) >= 11 is 0. The number of rotatable bonds is 2. The van der Waals surface area contributed by atoms with Crippen molar-refractivity contribution in [2.24, 2.45) is 4.99 Å². The Labute approximate surface area is 87.4 Å². The molecule has 2 heterocycles. The van der Waals surface area contributed by atoms with E-state index in [9.17, 15) is 13.5 Å². The van der Waals surface area contributed by atoms with Crippen LogP contribution in [0.4, 0.5) is 0 Å². The standard InChI is InChI=1S/C9H11NO4S/c11-9-6-15(12,13)5-8(9)10-3-7-1-2-14-4-7/h1-4,8-9,11H,5-6H2/t8-,9-/m1/s1. The number of aliphatic imine (C=N–C) groups is 1. The first kappa shape index (κ1) is 10.4. The van der Waals surface area contributed by atoms with Gasteiger partial charge in [0.2, 0.25) is 0 Å². The van der Waals surface area contributed by atoms with Crippen molar-refractivity contribution in [3.63, 3.8) is 0 Å². The summed E-state index contributed by atoms with van der Waals surface area (Å²) in [5.74, 6) is -0.275. The van der Waals surface area contributed by atoms with Gasteiger partial charge in [-0.3, -0.25) is 4.99 Å². The van der Waals surface area contributed by atoms with E-state index in [2.05, 4.69) is 4.99 Å². The zero-order chi connectivity index (χ0) is 10.9. The smallest absolute Gasteiger partial charge is 0.155 e. The lowest BCUT2D eigenvalue weighted by molar-refractivity contribution is 0.184. The van der Waals surface area contributed by atoms with Crippen LogP contribution < -0.4 is 0 Å². The van der Waals surface area contributed by atoms with Crippen LogP contribution in [0, 0.1) is 0 Å². The van der Waals surface area contributed by atoms with Gasteiger partial charge >= 0.3 is 0 Å². The third-order valence-corrected chi connectivity index (χ3v) is 3.95. The third kappa shape index (κ3) is 2.45. The van der Waals surface area contributed by atoms with Crippen LogP contribution in [0.3, 0.4) is 0 Å². The zero-order valence-electron chi connectivity index (χ0n) is 7.91. The van der Waals surface area contributed by atoms with Gasteiger partial charge in [-0.2, -0.15) is 0 Å². The highest BCUT2D eigenvalue weighted by molar-refractivity contribution is 7.91. The normalized spacial score (nSPS) is 29.9. The Kier molecular flexibility index (Phi) is 2.62.